The van der Waals surface area contributed by atoms with Gasteiger partial charge in [-0.2, -0.15) is 0 Å². The van der Waals surface area contributed by atoms with Crippen LogP contribution in [0.3, 0.4) is 0 Å². The minimum Gasteiger partial charge on any atom is -0.464 e. The Morgan fingerprint density at radius 2 is 1.92 bits per heavy atom. The van der Waals surface area contributed by atoms with Crippen LogP contribution in [-0.4, -0.2) is 15.8 Å². The second-order valence-electron chi connectivity index (χ2n) is 6.45. The predicted molar refractivity (Wildman–Crippen MR) is 93.4 cm³/mol. The van der Waals surface area contributed by atoms with E-state index in [1.807, 2.05) is 56.1 Å². The molecule has 1 N–H and O–H groups in total. The Morgan fingerprint density at radius 1 is 1.12 bits per heavy atom. The topological polar surface area (TPSA) is 49.2 Å². The molecule has 4 heteroatoms. The van der Waals surface area contributed by atoms with E-state index in [0.717, 1.165) is 39.1 Å². The van der Waals surface area contributed by atoms with Crippen LogP contribution in [0.5, 0.6) is 0 Å². The molecule has 4 nitrogen and oxygen atoms in total. The first-order valence-electron chi connectivity index (χ1n) is 8.16. The summed E-state index contributed by atoms with van der Waals surface area (Å²) in [5.74, 6) is 1.76. The molecule has 24 heavy (non-hydrogen) atoms. The van der Waals surface area contributed by atoms with E-state index < -0.39 is 0 Å². The van der Waals surface area contributed by atoms with E-state index >= 15 is 0 Å². The number of rotatable bonds is 3. The summed E-state index contributed by atoms with van der Waals surface area (Å²) in [7, 11) is 0. The summed E-state index contributed by atoms with van der Waals surface area (Å²) in [5, 5.41) is 1.16. The van der Waals surface area contributed by atoms with Crippen LogP contribution < -0.4 is 0 Å². The first kappa shape index (κ1) is 14.8. The average molecular weight is 320 g/mol. The van der Waals surface area contributed by atoms with Crippen molar-refractivity contribution in [2.45, 2.75) is 33.4 Å². The third kappa shape index (κ3) is 2.18. The van der Waals surface area contributed by atoms with Crippen LogP contribution in [-0.2, 0) is 11.3 Å². The number of nitrogens with zero attached hydrogens (tertiary/aromatic N) is 1. The highest BCUT2D eigenvalue weighted by Gasteiger charge is 2.37. The zero-order valence-corrected chi connectivity index (χ0v) is 14.1. The molecule has 0 aliphatic carbocycles. The molecule has 1 atom stereocenters. The van der Waals surface area contributed by atoms with Crippen LogP contribution in [0.1, 0.15) is 37.0 Å². The lowest BCUT2D eigenvalue weighted by molar-refractivity contribution is -0.128. The molecular formula is C20H20N2O2. The summed E-state index contributed by atoms with van der Waals surface area (Å²) in [4.78, 5) is 18.0. The summed E-state index contributed by atoms with van der Waals surface area (Å²) in [6.45, 7) is 6.35. The number of nitrogens with one attached hydrogen (secondary N) is 1. The van der Waals surface area contributed by atoms with Crippen molar-refractivity contribution < 1.29 is 9.21 Å². The van der Waals surface area contributed by atoms with Crippen molar-refractivity contribution >= 4 is 16.8 Å². The Hall–Kier alpha value is -2.75. The van der Waals surface area contributed by atoms with Gasteiger partial charge in [0, 0.05) is 28.2 Å². The number of aromatic amines is 1. The normalized spacial score (nSPS) is 18.2. The molecule has 0 radical (unpaired) electrons. The number of furan rings is 1. The maximum atomic E-state index is 12.8. The van der Waals surface area contributed by atoms with Crippen LogP contribution in [0, 0.1) is 6.92 Å². The van der Waals surface area contributed by atoms with Gasteiger partial charge in [-0.05, 0) is 44.5 Å². The molecule has 1 aliphatic rings. The number of aromatic nitrogens is 1. The van der Waals surface area contributed by atoms with Gasteiger partial charge in [0.25, 0.3) is 5.91 Å². The number of amides is 1. The van der Waals surface area contributed by atoms with Crippen molar-refractivity contribution in [2.24, 2.45) is 0 Å². The average Bonchev–Trinajstić information content (AvgIpc) is 3.23. The number of hydrogen-bond acceptors (Lipinski definition) is 2. The third-order valence-corrected chi connectivity index (χ3v) is 4.93. The van der Waals surface area contributed by atoms with Crippen molar-refractivity contribution in [3.63, 3.8) is 0 Å². The molecule has 1 aliphatic heterocycles. The lowest BCUT2D eigenvalue weighted by atomic mass is 9.98. The van der Waals surface area contributed by atoms with E-state index in [9.17, 15) is 4.79 Å². The quantitative estimate of drug-likeness (QED) is 0.773. The number of fused-ring (bicyclic) bond motifs is 1. The standard InChI is InChI=1S/C20H20N2O2/c1-12-8-9-15(24-12)11-22-19(13(2)14(3)20(22)23)17-10-21-18-7-5-4-6-16(17)18/h4-10,19,21H,11H2,1-3H3. The molecule has 122 valence electrons. The van der Waals surface area contributed by atoms with Gasteiger partial charge in [0.05, 0.1) is 12.6 Å². The minimum atomic E-state index is -0.0564. The lowest BCUT2D eigenvalue weighted by Crippen LogP contribution is -2.29. The summed E-state index contributed by atoms with van der Waals surface area (Å²) in [5.41, 5.74) is 4.16. The number of para-hydroxylation sites is 1. The van der Waals surface area contributed by atoms with Gasteiger partial charge < -0.3 is 14.3 Å². The van der Waals surface area contributed by atoms with Crippen LogP contribution >= 0.6 is 0 Å². The molecule has 1 amide bonds. The lowest BCUT2D eigenvalue weighted by Gasteiger charge is -2.25. The fourth-order valence-electron chi connectivity index (χ4n) is 3.56. The Bertz CT molecular complexity index is 961. The number of carbonyl (C=O) groups excluding carboxylic acids is 1. The molecule has 2 aromatic heterocycles. The minimum absolute atomic E-state index is 0.0564. The maximum Gasteiger partial charge on any atom is 0.250 e. The monoisotopic (exact) mass is 320 g/mol. The van der Waals surface area contributed by atoms with E-state index in [4.69, 9.17) is 4.42 Å². The predicted octanol–water partition coefficient (Wildman–Crippen LogP) is 4.49. The number of benzene rings is 1. The van der Waals surface area contributed by atoms with Gasteiger partial charge in [-0.1, -0.05) is 18.2 Å². The van der Waals surface area contributed by atoms with E-state index in [1.54, 1.807) is 0 Å². The van der Waals surface area contributed by atoms with E-state index in [-0.39, 0.29) is 11.9 Å². The fourth-order valence-corrected chi connectivity index (χ4v) is 3.56. The molecule has 0 fully saturated rings. The van der Waals surface area contributed by atoms with E-state index in [2.05, 4.69) is 17.1 Å². The zero-order chi connectivity index (χ0) is 16.8. The van der Waals surface area contributed by atoms with Gasteiger partial charge in [0.2, 0.25) is 0 Å². The highest BCUT2D eigenvalue weighted by molar-refractivity contribution is 5.98. The highest BCUT2D eigenvalue weighted by atomic mass is 16.3. The molecule has 0 saturated heterocycles. The van der Waals surface area contributed by atoms with Gasteiger partial charge >= 0.3 is 0 Å². The first-order valence-corrected chi connectivity index (χ1v) is 8.16. The highest BCUT2D eigenvalue weighted by Crippen LogP contribution is 2.41. The van der Waals surface area contributed by atoms with Gasteiger partial charge in [-0.15, -0.1) is 0 Å². The number of aryl methyl sites for hydroxylation is 1. The fraction of sp³-hybridized carbons (Fsp3) is 0.250. The largest absolute Gasteiger partial charge is 0.464 e. The van der Waals surface area contributed by atoms with E-state index in [0.29, 0.717) is 6.54 Å². The van der Waals surface area contributed by atoms with Gasteiger partial charge in [-0.25, -0.2) is 0 Å². The van der Waals surface area contributed by atoms with Crippen LogP contribution in [0.2, 0.25) is 0 Å². The summed E-state index contributed by atoms with van der Waals surface area (Å²) >= 11 is 0. The molecule has 1 aromatic carbocycles. The second kappa shape index (κ2) is 5.41. The Kier molecular flexibility index (Phi) is 3.34. The van der Waals surface area contributed by atoms with Crippen molar-refractivity contribution in [1.29, 1.82) is 0 Å². The second-order valence-corrected chi connectivity index (χ2v) is 6.45. The van der Waals surface area contributed by atoms with Crippen LogP contribution in [0.15, 0.2) is 58.2 Å². The van der Waals surface area contributed by atoms with Crippen LogP contribution in [0.25, 0.3) is 10.9 Å². The van der Waals surface area contributed by atoms with Crippen molar-refractivity contribution in [3.8, 4) is 0 Å². The van der Waals surface area contributed by atoms with Crippen molar-refractivity contribution in [2.75, 3.05) is 0 Å². The Balaban J connectivity index is 1.79. The molecule has 0 spiro atoms. The third-order valence-electron chi connectivity index (χ3n) is 4.93. The summed E-state index contributed by atoms with van der Waals surface area (Å²) in [6.07, 6.45) is 2.02. The summed E-state index contributed by atoms with van der Waals surface area (Å²) in [6, 6.07) is 12.0. The Labute approximate surface area is 140 Å². The van der Waals surface area contributed by atoms with Gasteiger partial charge in [-0.3, -0.25) is 4.79 Å². The molecule has 1 unspecified atom stereocenters. The smallest absolute Gasteiger partial charge is 0.250 e. The van der Waals surface area contributed by atoms with Crippen molar-refractivity contribution in [1.82, 2.24) is 9.88 Å². The molecule has 3 aromatic rings. The van der Waals surface area contributed by atoms with E-state index in [1.165, 1.54) is 0 Å². The van der Waals surface area contributed by atoms with Crippen molar-refractivity contribution in [3.05, 3.63) is 70.8 Å². The number of H-pyrrole nitrogens is 1. The number of carbonyl (C=O) groups is 1. The molecule has 0 saturated carbocycles. The molecule has 3 heterocycles. The molecule has 0 bridgehead atoms. The number of hydrogen-bond donors (Lipinski definition) is 1. The molecule has 4 rings (SSSR count). The SMILES string of the molecule is CC1=C(C)C(c2c[nH]c3ccccc23)N(Cc2ccc(C)o2)C1=O. The van der Waals surface area contributed by atoms with Gasteiger partial charge in [0.1, 0.15) is 11.5 Å². The summed E-state index contributed by atoms with van der Waals surface area (Å²) < 4.78 is 5.70. The molecular weight excluding hydrogens is 300 g/mol. The zero-order valence-electron chi connectivity index (χ0n) is 14.1. The Morgan fingerprint density at radius 3 is 2.67 bits per heavy atom. The van der Waals surface area contributed by atoms with Gasteiger partial charge in [0.15, 0.2) is 0 Å². The maximum absolute atomic E-state index is 12.8. The van der Waals surface area contributed by atoms with Crippen LogP contribution in [0.4, 0.5) is 0 Å². The first-order chi connectivity index (χ1) is 11.6.